The Hall–Kier alpha value is -1.60. The van der Waals surface area contributed by atoms with Gasteiger partial charge in [0.1, 0.15) is 0 Å². The van der Waals surface area contributed by atoms with Crippen molar-refractivity contribution in [3.05, 3.63) is 23.8 Å². The number of carbonyl (C=O) groups is 1. The number of ether oxygens (including phenoxy) is 1. The summed E-state index contributed by atoms with van der Waals surface area (Å²) in [6.07, 6.45) is 1.66. The molecule has 0 heterocycles. The fourth-order valence-corrected chi connectivity index (χ4v) is 3.09. The van der Waals surface area contributed by atoms with Crippen LogP contribution in [0.1, 0.15) is 37.0 Å². The van der Waals surface area contributed by atoms with E-state index in [2.05, 4.69) is 23.3 Å². The molecule has 0 amide bonds. The van der Waals surface area contributed by atoms with Gasteiger partial charge in [-0.15, -0.1) is 0 Å². The summed E-state index contributed by atoms with van der Waals surface area (Å²) in [6, 6.07) is 4.05. The van der Waals surface area contributed by atoms with Gasteiger partial charge in [0.2, 0.25) is 10.0 Å². The molecule has 0 saturated carbocycles. The van der Waals surface area contributed by atoms with Crippen molar-refractivity contribution in [2.45, 2.75) is 31.6 Å². The van der Waals surface area contributed by atoms with Crippen LogP contribution in [0.25, 0.3) is 0 Å². The van der Waals surface area contributed by atoms with Crippen LogP contribution in [-0.2, 0) is 14.8 Å². The van der Waals surface area contributed by atoms with Crippen molar-refractivity contribution in [3.63, 3.8) is 0 Å². The molecule has 3 N–H and O–H groups in total. The maximum absolute atomic E-state index is 12.3. The third-order valence-electron chi connectivity index (χ3n) is 2.95. The van der Waals surface area contributed by atoms with Crippen LogP contribution in [-0.4, -0.2) is 28.0 Å². The zero-order valence-corrected chi connectivity index (χ0v) is 13.4. The van der Waals surface area contributed by atoms with E-state index in [-0.39, 0.29) is 10.5 Å². The van der Waals surface area contributed by atoms with E-state index < -0.39 is 16.0 Å². The summed E-state index contributed by atoms with van der Waals surface area (Å²) in [7, 11) is -2.57. The molecule has 0 atom stereocenters. The SMILES string of the molecule is COC(=O)c1cc(N)ccc1S(=O)(=O)NCCCC(C)C. The van der Waals surface area contributed by atoms with Crippen LogP contribution in [0.5, 0.6) is 0 Å². The van der Waals surface area contributed by atoms with Crippen molar-refractivity contribution in [1.29, 1.82) is 0 Å². The van der Waals surface area contributed by atoms with Crippen molar-refractivity contribution in [3.8, 4) is 0 Å². The molecule has 0 spiro atoms. The minimum Gasteiger partial charge on any atom is -0.465 e. The van der Waals surface area contributed by atoms with Crippen LogP contribution < -0.4 is 10.5 Å². The quantitative estimate of drug-likeness (QED) is 0.454. The minimum absolute atomic E-state index is 0.0612. The largest absolute Gasteiger partial charge is 0.465 e. The standard InChI is InChI=1S/C14H22N2O4S/c1-10(2)5-4-8-16-21(18,19)13-7-6-11(15)9-12(13)14(17)20-3/h6-7,9-10,16H,4-5,8,15H2,1-3H3. The Morgan fingerprint density at radius 3 is 2.62 bits per heavy atom. The van der Waals surface area contributed by atoms with Crippen molar-refractivity contribution in [2.24, 2.45) is 5.92 Å². The molecular weight excluding hydrogens is 292 g/mol. The lowest BCUT2D eigenvalue weighted by Crippen LogP contribution is -2.27. The first-order valence-corrected chi connectivity index (χ1v) is 8.23. The number of hydrogen-bond donors (Lipinski definition) is 2. The van der Waals surface area contributed by atoms with Crippen molar-refractivity contribution in [2.75, 3.05) is 19.4 Å². The first-order valence-electron chi connectivity index (χ1n) is 6.75. The maximum Gasteiger partial charge on any atom is 0.339 e. The number of nitrogens with two attached hydrogens (primary N) is 1. The fourth-order valence-electron chi connectivity index (χ4n) is 1.85. The lowest BCUT2D eigenvalue weighted by molar-refractivity contribution is 0.0596. The lowest BCUT2D eigenvalue weighted by Gasteiger charge is -2.11. The van der Waals surface area contributed by atoms with E-state index in [0.717, 1.165) is 12.8 Å². The highest BCUT2D eigenvalue weighted by atomic mass is 32.2. The Balaban J connectivity index is 2.95. The van der Waals surface area contributed by atoms with E-state index in [1.807, 2.05) is 0 Å². The highest BCUT2D eigenvalue weighted by molar-refractivity contribution is 7.89. The van der Waals surface area contributed by atoms with E-state index in [9.17, 15) is 13.2 Å². The van der Waals surface area contributed by atoms with Crippen LogP contribution in [0, 0.1) is 5.92 Å². The molecule has 1 aromatic rings. The highest BCUT2D eigenvalue weighted by Crippen LogP contribution is 2.20. The van der Waals surface area contributed by atoms with Crippen LogP contribution >= 0.6 is 0 Å². The van der Waals surface area contributed by atoms with Gasteiger partial charge >= 0.3 is 5.97 Å². The molecule has 118 valence electrons. The third-order valence-corrected chi connectivity index (χ3v) is 4.47. The summed E-state index contributed by atoms with van der Waals surface area (Å²) < 4.78 is 31.6. The molecule has 0 bridgehead atoms. The zero-order chi connectivity index (χ0) is 16.0. The molecule has 0 fully saturated rings. The van der Waals surface area contributed by atoms with Crippen LogP contribution in [0.3, 0.4) is 0 Å². The number of nitrogen functional groups attached to an aromatic ring is 1. The predicted molar refractivity (Wildman–Crippen MR) is 81.5 cm³/mol. The van der Waals surface area contributed by atoms with Gasteiger partial charge in [-0.1, -0.05) is 13.8 Å². The Bertz CT molecular complexity index is 597. The summed E-state index contributed by atoms with van der Waals surface area (Å²) in [6.45, 7) is 4.47. The smallest absolute Gasteiger partial charge is 0.339 e. The molecule has 0 aliphatic heterocycles. The van der Waals surface area contributed by atoms with Gasteiger partial charge < -0.3 is 10.5 Å². The van der Waals surface area contributed by atoms with E-state index in [0.29, 0.717) is 18.2 Å². The molecule has 6 nitrogen and oxygen atoms in total. The van der Waals surface area contributed by atoms with Gasteiger partial charge in [-0.05, 0) is 37.0 Å². The van der Waals surface area contributed by atoms with Crippen LogP contribution in [0.15, 0.2) is 23.1 Å². The summed E-state index contributed by atoms with van der Waals surface area (Å²) in [5.74, 6) is -0.221. The van der Waals surface area contributed by atoms with Gasteiger partial charge in [0.15, 0.2) is 0 Å². The van der Waals surface area contributed by atoms with Crippen molar-refractivity contribution in [1.82, 2.24) is 4.72 Å². The first kappa shape index (κ1) is 17.5. The second-order valence-corrected chi connectivity index (χ2v) is 6.92. The molecule has 0 saturated heterocycles. The van der Waals surface area contributed by atoms with Gasteiger partial charge in [-0.2, -0.15) is 0 Å². The monoisotopic (exact) mass is 314 g/mol. The molecule has 1 aromatic carbocycles. The molecule has 0 aromatic heterocycles. The molecule has 0 radical (unpaired) electrons. The number of nitrogens with one attached hydrogen (secondary N) is 1. The molecule has 0 aliphatic carbocycles. The van der Waals surface area contributed by atoms with Gasteiger partial charge in [0, 0.05) is 12.2 Å². The fraction of sp³-hybridized carbons (Fsp3) is 0.500. The molecule has 7 heteroatoms. The van der Waals surface area contributed by atoms with E-state index in [1.165, 1.54) is 25.3 Å². The number of anilines is 1. The maximum atomic E-state index is 12.3. The molecule has 0 aliphatic rings. The Kier molecular flexibility index (Phi) is 6.17. The van der Waals surface area contributed by atoms with E-state index >= 15 is 0 Å². The number of carbonyl (C=O) groups excluding carboxylic acids is 1. The Morgan fingerprint density at radius 1 is 1.38 bits per heavy atom. The number of esters is 1. The summed E-state index contributed by atoms with van der Waals surface area (Å²) >= 11 is 0. The van der Waals surface area contributed by atoms with Crippen LogP contribution in [0.4, 0.5) is 5.69 Å². The summed E-state index contributed by atoms with van der Waals surface area (Å²) in [4.78, 5) is 11.6. The second kappa shape index (κ2) is 7.42. The minimum atomic E-state index is -3.77. The highest BCUT2D eigenvalue weighted by Gasteiger charge is 2.22. The number of hydrogen-bond acceptors (Lipinski definition) is 5. The van der Waals surface area contributed by atoms with Crippen molar-refractivity contribution < 1.29 is 17.9 Å². The zero-order valence-electron chi connectivity index (χ0n) is 12.5. The Labute approximate surface area is 125 Å². The average Bonchev–Trinajstić information content (AvgIpc) is 2.42. The molecule has 21 heavy (non-hydrogen) atoms. The van der Waals surface area contributed by atoms with Gasteiger partial charge in [0.05, 0.1) is 17.6 Å². The summed E-state index contributed by atoms with van der Waals surface area (Å²) in [5.41, 5.74) is 5.83. The van der Waals surface area contributed by atoms with E-state index in [1.54, 1.807) is 0 Å². The number of rotatable bonds is 7. The normalized spacial score (nSPS) is 11.6. The Morgan fingerprint density at radius 2 is 2.05 bits per heavy atom. The molecular formula is C14H22N2O4S. The molecule has 1 rings (SSSR count). The van der Waals surface area contributed by atoms with Gasteiger partial charge in [-0.3, -0.25) is 0 Å². The van der Waals surface area contributed by atoms with Gasteiger partial charge in [0.25, 0.3) is 0 Å². The number of benzene rings is 1. The lowest BCUT2D eigenvalue weighted by atomic mass is 10.1. The van der Waals surface area contributed by atoms with Crippen molar-refractivity contribution >= 4 is 21.7 Å². The average molecular weight is 314 g/mol. The number of methoxy groups -OCH3 is 1. The van der Waals surface area contributed by atoms with Crippen LogP contribution in [0.2, 0.25) is 0 Å². The second-order valence-electron chi connectivity index (χ2n) is 5.18. The van der Waals surface area contributed by atoms with Gasteiger partial charge in [-0.25, -0.2) is 17.9 Å². The third kappa shape index (κ3) is 5.02. The molecule has 0 unspecified atom stereocenters. The van der Waals surface area contributed by atoms with E-state index in [4.69, 9.17) is 5.73 Å². The summed E-state index contributed by atoms with van der Waals surface area (Å²) in [5, 5.41) is 0. The first-order chi connectivity index (χ1) is 9.77. The topological polar surface area (TPSA) is 98.5 Å². The predicted octanol–water partition coefficient (Wildman–Crippen LogP) is 1.77. The number of sulfonamides is 1.